The van der Waals surface area contributed by atoms with E-state index in [0.29, 0.717) is 4.91 Å². The Morgan fingerprint density at radius 1 is 0.923 bits per heavy atom. The topological polar surface area (TPSA) is 35.9 Å². The van der Waals surface area contributed by atoms with Crippen LogP contribution in [0.15, 0.2) is 64.5 Å². The number of carbonyl (C=O) groups excluding carboxylic acids is 1. The number of piperazine rings is 1. The Morgan fingerprint density at radius 2 is 1.58 bits per heavy atom. The first kappa shape index (κ1) is 17.2. The van der Waals surface area contributed by atoms with Crippen molar-refractivity contribution in [1.29, 1.82) is 0 Å². The van der Waals surface area contributed by atoms with Crippen molar-refractivity contribution in [2.75, 3.05) is 31.1 Å². The zero-order valence-corrected chi connectivity index (χ0v) is 15.7. The van der Waals surface area contributed by atoms with E-state index in [1.165, 1.54) is 17.4 Å². The number of aliphatic imine (C=N–C) groups is 1. The van der Waals surface area contributed by atoms with Crippen LogP contribution in [0.2, 0.25) is 5.02 Å². The molecule has 1 saturated heterocycles. The molecule has 1 fully saturated rings. The highest BCUT2D eigenvalue weighted by molar-refractivity contribution is 8.18. The molecule has 2 aromatic rings. The summed E-state index contributed by atoms with van der Waals surface area (Å²) in [6, 6.07) is 17.8. The summed E-state index contributed by atoms with van der Waals surface area (Å²) in [6.07, 6.45) is 1.91. The SMILES string of the molecule is O=C1N=C(N2CCN(c3ccc(Cl)cc3)CC2)S/C1=C\c1ccccc1. The smallest absolute Gasteiger partial charge is 0.286 e. The van der Waals surface area contributed by atoms with Crippen LogP contribution in [-0.2, 0) is 4.79 Å². The zero-order chi connectivity index (χ0) is 17.9. The number of nitrogens with zero attached hydrogens (tertiary/aromatic N) is 3. The number of thioether (sulfide) groups is 1. The largest absolute Gasteiger partial charge is 0.368 e. The fourth-order valence-electron chi connectivity index (χ4n) is 3.04. The van der Waals surface area contributed by atoms with Gasteiger partial charge < -0.3 is 9.80 Å². The van der Waals surface area contributed by atoms with Crippen molar-refractivity contribution in [1.82, 2.24) is 4.90 Å². The average Bonchev–Trinajstić information content (AvgIpc) is 3.04. The van der Waals surface area contributed by atoms with Gasteiger partial charge in [0.15, 0.2) is 5.17 Å². The highest BCUT2D eigenvalue weighted by atomic mass is 35.5. The van der Waals surface area contributed by atoms with Crippen LogP contribution in [0.3, 0.4) is 0 Å². The molecule has 0 spiro atoms. The van der Waals surface area contributed by atoms with Crippen molar-refractivity contribution in [2.45, 2.75) is 0 Å². The van der Waals surface area contributed by atoms with Crippen LogP contribution in [-0.4, -0.2) is 42.2 Å². The third-order valence-corrected chi connectivity index (χ3v) is 5.74. The standard InChI is InChI=1S/C20H18ClN3OS/c21-16-6-8-17(9-7-16)23-10-12-24(13-11-23)20-22-19(25)18(26-20)14-15-4-2-1-3-5-15/h1-9,14H,10-13H2/b18-14-. The minimum atomic E-state index is -0.144. The summed E-state index contributed by atoms with van der Waals surface area (Å²) >= 11 is 7.43. The van der Waals surface area contributed by atoms with E-state index in [0.717, 1.165) is 41.9 Å². The number of hydrogen-bond acceptors (Lipinski definition) is 4. The van der Waals surface area contributed by atoms with E-state index in [1.807, 2.05) is 60.7 Å². The number of benzene rings is 2. The lowest BCUT2D eigenvalue weighted by Crippen LogP contribution is -2.47. The zero-order valence-electron chi connectivity index (χ0n) is 14.1. The molecule has 2 heterocycles. The summed E-state index contributed by atoms with van der Waals surface area (Å²) < 4.78 is 0. The second kappa shape index (κ2) is 7.56. The van der Waals surface area contributed by atoms with Gasteiger partial charge in [-0.05, 0) is 47.7 Å². The van der Waals surface area contributed by atoms with Crippen LogP contribution in [0, 0.1) is 0 Å². The van der Waals surface area contributed by atoms with Gasteiger partial charge in [0.2, 0.25) is 0 Å². The van der Waals surface area contributed by atoms with E-state index in [2.05, 4.69) is 14.8 Å². The van der Waals surface area contributed by atoms with Crippen LogP contribution >= 0.6 is 23.4 Å². The molecule has 0 atom stereocenters. The van der Waals surface area contributed by atoms with E-state index in [1.54, 1.807) is 0 Å². The second-order valence-electron chi connectivity index (χ2n) is 6.17. The molecule has 0 bridgehead atoms. The maximum atomic E-state index is 12.2. The van der Waals surface area contributed by atoms with Gasteiger partial charge in [-0.1, -0.05) is 41.9 Å². The van der Waals surface area contributed by atoms with E-state index < -0.39 is 0 Å². The Bertz CT molecular complexity index is 856. The molecule has 4 rings (SSSR count). The predicted molar refractivity (Wildman–Crippen MR) is 110 cm³/mol. The maximum absolute atomic E-state index is 12.2. The van der Waals surface area contributed by atoms with Gasteiger partial charge in [0.1, 0.15) is 0 Å². The van der Waals surface area contributed by atoms with Crippen LogP contribution in [0.1, 0.15) is 5.56 Å². The molecule has 2 aliphatic rings. The molecule has 0 aromatic heterocycles. The number of amidine groups is 1. The summed E-state index contributed by atoms with van der Waals surface area (Å²) in [5.41, 5.74) is 2.20. The molecule has 0 aliphatic carbocycles. The van der Waals surface area contributed by atoms with E-state index in [4.69, 9.17) is 11.6 Å². The molecule has 6 heteroatoms. The summed E-state index contributed by atoms with van der Waals surface area (Å²) in [5.74, 6) is -0.144. The van der Waals surface area contributed by atoms with E-state index in [9.17, 15) is 4.79 Å². The van der Waals surface area contributed by atoms with Crippen LogP contribution in [0.5, 0.6) is 0 Å². The van der Waals surface area contributed by atoms with Crippen molar-refractivity contribution < 1.29 is 4.79 Å². The number of hydrogen-bond donors (Lipinski definition) is 0. The van der Waals surface area contributed by atoms with E-state index in [-0.39, 0.29) is 5.91 Å². The maximum Gasteiger partial charge on any atom is 0.286 e. The van der Waals surface area contributed by atoms with Crippen molar-refractivity contribution in [3.8, 4) is 0 Å². The van der Waals surface area contributed by atoms with Crippen LogP contribution in [0.25, 0.3) is 6.08 Å². The fourth-order valence-corrected chi connectivity index (χ4v) is 4.13. The van der Waals surface area contributed by atoms with Gasteiger partial charge in [-0.15, -0.1) is 0 Å². The van der Waals surface area contributed by atoms with Crippen LogP contribution in [0.4, 0.5) is 5.69 Å². The van der Waals surface area contributed by atoms with Crippen LogP contribution < -0.4 is 4.90 Å². The van der Waals surface area contributed by atoms with Gasteiger partial charge in [-0.2, -0.15) is 4.99 Å². The molecule has 0 saturated carbocycles. The van der Waals surface area contributed by atoms with Gasteiger partial charge >= 0.3 is 0 Å². The summed E-state index contributed by atoms with van der Waals surface area (Å²) in [5, 5.41) is 1.56. The lowest BCUT2D eigenvalue weighted by Gasteiger charge is -2.36. The molecule has 0 N–H and O–H groups in total. The lowest BCUT2D eigenvalue weighted by atomic mass is 10.2. The molecule has 26 heavy (non-hydrogen) atoms. The quantitative estimate of drug-likeness (QED) is 0.730. The van der Waals surface area contributed by atoms with Crippen molar-refractivity contribution in [3.63, 3.8) is 0 Å². The number of rotatable bonds is 2. The Balaban J connectivity index is 1.39. The normalized spacial score (nSPS) is 19.2. The van der Waals surface area contributed by atoms with Crippen molar-refractivity contribution in [3.05, 3.63) is 70.1 Å². The minimum Gasteiger partial charge on any atom is -0.368 e. The summed E-state index contributed by atoms with van der Waals surface area (Å²) in [4.78, 5) is 21.7. The van der Waals surface area contributed by atoms with Gasteiger partial charge in [0.05, 0.1) is 4.91 Å². The first-order valence-electron chi connectivity index (χ1n) is 8.52. The second-order valence-corrected chi connectivity index (χ2v) is 7.62. The molecular weight excluding hydrogens is 366 g/mol. The lowest BCUT2D eigenvalue weighted by molar-refractivity contribution is -0.113. The van der Waals surface area contributed by atoms with Gasteiger partial charge in [0, 0.05) is 36.9 Å². The summed E-state index contributed by atoms with van der Waals surface area (Å²) in [7, 11) is 0. The third-order valence-electron chi connectivity index (χ3n) is 4.45. The monoisotopic (exact) mass is 383 g/mol. The van der Waals surface area contributed by atoms with E-state index >= 15 is 0 Å². The minimum absolute atomic E-state index is 0.144. The molecule has 4 nitrogen and oxygen atoms in total. The molecule has 0 unspecified atom stereocenters. The highest BCUT2D eigenvalue weighted by Crippen LogP contribution is 2.31. The van der Waals surface area contributed by atoms with Crippen molar-refractivity contribution in [2.24, 2.45) is 4.99 Å². The van der Waals surface area contributed by atoms with Gasteiger partial charge in [-0.25, -0.2) is 0 Å². The van der Waals surface area contributed by atoms with Crippen molar-refractivity contribution >= 4 is 46.2 Å². The van der Waals surface area contributed by atoms with Gasteiger partial charge in [-0.3, -0.25) is 4.79 Å². The molecule has 2 aromatic carbocycles. The fraction of sp³-hybridized carbons (Fsp3) is 0.200. The molecule has 132 valence electrons. The Hall–Kier alpha value is -2.24. The first-order chi connectivity index (χ1) is 12.7. The molecule has 0 radical (unpaired) electrons. The van der Waals surface area contributed by atoms with Gasteiger partial charge in [0.25, 0.3) is 5.91 Å². The predicted octanol–water partition coefficient (Wildman–Crippen LogP) is 4.13. The number of halogens is 1. The Kier molecular flexibility index (Phi) is 5.00. The number of anilines is 1. The first-order valence-corrected chi connectivity index (χ1v) is 9.71. The highest BCUT2D eigenvalue weighted by Gasteiger charge is 2.28. The third kappa shape index (κ3) is 3.79. The Labute approximate surface area is 162 Å². The molecular formula is C20H18ClN3OS. The molecule has 2 aliphatic heterocycles. The average molecular weight is 384 g/mol. The summed E-state index contributed by atoms with van der Waals surface area (Å²) in [6.45, 7) is 3.49. The Morgan fingerprint density at radius 3 is 2.27 bits per heavy atom. The number of carbonyl (C=O) groups is 1. The molecule has 1 amide bonds. The number of amides is 1.